The molecular weight excluding hydrogens is 369 g/mol. The molecule has 0 spiro atoms. The fraction of sp³-hybridized carbons (Fsp3) is 0.556. The van der Waals surface area contributed by atoms with Crippen LogP contribution in [0.25, 0.3) is 0 Å². The Balaban J connectivity index is 2.26. The molecule has 1 aromatic rings. The maximum Gasteiger partial charge on any atom is 0.534 e. The molecule has 1 aliphatic rings. The quantitative estimate of drug-likeness (QED) is 0.276. The Morgan fingerprint density at radius 2 is 1.88 bits per heavy atom. The van der Waals surface area contributed by atoms with E-state index in [0.29, 0.717) is 18.4 Å². The van der Waals surface area contributed by atoms with Crippen molar-refractivity contribution in [1.82, 2.24) is 0 Å². The van der Waals surface area contributed by atoms with Crippen LogP contribution < -0.4 is 0 Å². The smallest absolute Gasteiger partial charge is 0.381 e. The van der Waals surface area contributed by atoms with Crippen molar-refractivity contribution in [3.63, 3.8) is 0 Å². The molecule has 0 unspecified atom stereocenters. The first-order chi connectivity index (χ1) is 12.2. The number of ether oxygens (including phenoxy) is 1. The van der Waals surface area contributed by atoms with Gasteiger partial charge < -0.3 is 8.92 Å². The molecular formula is C18H23F3O4S. The van der Waals surface area contributed by atoms with Crippen molar-refractivity contribution in [2.45, 2.75) is 63.7 Å². The van der Waals surface area contributed by atoms with E-state index in [0.717, 1.165) is 24.8 Å². The standard InChI is InChI=1S/C18H23F3O4S/c1-3-4-6-11-16-15(13(2)25-26(22,23)18(19,20)21)12-17(24-16)14-9-7-5-8-10-14/h5,7-10,16-17H,3-4,6,11-12H2,1-2H3/b15-13+/t16-,17-/m1/s1. The zero-order chi connectivity index (χ0) is 19.4. The van der Waals surface area contributed by atoms with E-state index in [-0.39, 0.29) is 11.9 Å². The highest BCUT2D eigenvalue weighted by Crippen LogP contribution is 2.41. The summed E-state index contributed by atoms with van der Waals surface area (Å²) in [5.41, 5.74) is -4.08. The minimum absolute atomic E-state index is 0.248. The number of benzene rings is 1. The molecule has 0 amide bonds. The zero-order valence-corrected chi connectivity index (χ0v) is 15.6. The van der Waals surface area contributed by atoms with Gasteiger partial charge in [0.2, 0.25) is 0 Å². The molecule has 1 aromatic carbocycles. The van der Waals surface area contributed by atoms with E-state index >= 15 is 0 Å². The first-order valence-corrected chi connectivity index (χ1v) is 9.97. The number of allylic oxidation sites excluding steroid dienone is 1. The van der Waals surface area contributed by atoms with Crippen molar-refractivity contribution in [2.75, 3.05) is 0 Å². The Labute approximate surface area is 152 Å². The van der Waals surface area contributed by atoms with Crippen LogP contribution in [-0.2, 0) is 19.0 Å². The van der Waals surface area contributed by atoms with Gasteiger partial charge in [0, 0.05) is 12.0 Å². The molecule has 1 heterocycles. The minimum Gasteiger partial charge on any atom is -0.381 e. The van der Waals surface area contributed by atoms with Crippen LogP contribution in [0, 0.1) is 0 Å². The average molecular weight is 392 g/mol. The second-order valence-corrected chi connectivity index (χ2v) is 7.83. The van der Waals surface area contributed by atoms with E-state index in [2.05, 4.69) is 4.18 Å². The normalized spacial score (nSPS) is 23.1. The summed E-state index contributed by atoms with van der Waals surface area (Å²) in [7, 11) is -5.68. The maximum absolute atomic E-state index is 12.6. The molecule has 1 saturated heterocycles. The summed E-state index contributed by atoms with van der Waals surface area (Å²) in [4.78, 5) is 0. The summed E-state index contributed by atoms with van der Waals surface area (Å²) < 4.78 is 70.8. The highest BCUT2D eigenvalue weighted by molar-refractivity contribution is 7.87. The van der Waals surface area contributed by atoms with E-state index < -0.39 is 21.7 Å². The summed E-state index contributed by atoms with van der Waals surface area (Å²) >= 11 is 0. The van der Waals surface area contributed by atoms with Gasteiger partial charge in [-0.05, 0) is 18.9 Å². The van der Waals surface area contributed by atoms with E-state index in [9.17, 15) is 21.6 Å². The lowest BCUT2D eigenvalue weighted by Crippen LogP contribution is -2.25. The van der Waals surface area contributed by atoms with Crippen molar-refractivity contribution in [1.29, 1.82) is 0 Å². The second kappa shape index (κ2) is 8.43. The number of hydrogen-bond donors (Lipinski definition) is 0. The van der Waals surface area contributed by atoms with Crippen LogP contribution in [0.1, 0.15) is 57.6 Å². The fourth-order valence-electron chi connectivity index (χ4n) is 2.98. The van der Waals surface area contributed by atoms with Crippen LogP contribution >= 0.6 is 0 Å². The van der Waals surface area contributed by atoms with Gasteiger partial charge in [-0.1, -0.05) is 56.5 Å². The van der Waals surface area contributed by atoms with Gasteiger partial charge in [-0.25, -0.2) is 0 Å². The molecule has 0 aromatic heterocycles. The third kappa shape index (κ3) is 5.01. The predicted octanol–water partition coefficient (Wildman–Crippen LogP) is 5.24. The Kier molecular flexibility index (Phi) is 6.74. The molecule has 4 nitrogen and oxygen atoms in total. The van der Waals surface area contributed by atoms with Crippen LogP contribution in [0.4, 0.5) is 13.2 Å². The topological polar surface area (TPSA) is 52.6 Å². The molecule has 2 rings (SSSR count). The lowest BCUT2D eigenvalue weighted by atomic mass is 9.98. The van der Waals surface area contributed by atoms with Crippen LogP contribution in [-0.4, -0.2) is 20.0 Å². The molecule has 1 fully saturated rings. The van der Waals surface area contributed by atoms with Crippen LogP contribution in [0.3, 0.4) is 0 Å². The van der Waals surface area contributed by atoms with Gasteiger partial charge in [-0.15, -0.1) is 0 Å². The van der Waals surface area contributed by atoms with Gasteiger partial charge in [0.25, 0.3) is 0 Å². The third-order valence-electron chi connectivity index (χ3n) is 4.33. The number of hydrogen-bond acceptors (Lipinski definition) is 4. The molecule has 2 atom stereocenters. The van der Waals surface area contributed by atoms with Gasteiger partial charge >= 0.3 is 15.6 Å². The van der Waals surface area contributed by atoms with Crippen LogP contribution in [0.5, 0.6) is 0 Å². The van der Waals surface area contributed by atoms with E-state index in [1.54, 1.807) is 0 Å². The lowest BCUT2D eigenvalue weighted by molar-refractivity contribution is -0.0523. The molecule has 0 aliphatic carbocycles. The van der Waals surface area contributed by atoms with Crippen molar-refractivity contribution in [3.05, 3.63) is 47.2 Å². The molecule has 0 N–H and O–H groups in total. The number of halogens is 3. The fourth-order valence-corrected chi connectivity index (χ4v) is 3.51. The molecule has 146 valence electrons. The van der Waals surface area contributed by atoms with Gasteiger partial charge in [-0.3, -0.25) is 0 Å². The SMILES string of the molecule is CCCCC[C@H]1O[C@@H](c2ccccc2)C/C1=C(/C)OS(=O)(=O)C(F)(F)F. The van der Waals surface area contributed by atoms with Crippen molar-refractivity contribution in [2.24, 2.45) is 0 Å². The number of rotatable bonds is 7. The number of unbranched alkanes of at least 4 members (excludes halogenated alkanes) is 2. The van der Waals surface area contributed by atoms with Crippen molar-refractivity contribution < 1.29 is 30.5 Å². The number of alkyl halides is 3. The van der Waals surface area contributed by atoms with E-state index in [4.69, 9.17) is 4.74 Å². The molecule has 8 heteroatoms. The molecule has 0 bridgehead atoms. The van der Waals surface area contributed by atoms with Crippen molar-refractivity contribution in [3.8, 4) is 0 Å². The van der Waals surface area contributed by atoms with E-state index in [1.807, 2.05) is 37.3 Å². The van der Waals surface area contributed by atoms with Gasteiger partial charge in [0.1, 0.15) is 5.76 Å². The van der Waals surface area contributed by atoms with Crippen LogP contribution in [0.15, 0.2) is 41.7 Å². The first kappa shape index (κ1) is 20.8. The van der Waals surface area contributed by atoms with Gasteiger partial charge in [-0.2, -0.15) is 21.6 Å². The molecule has 26 heavy (non-hydrogen) atoms. The Morgan fingerprint density at radius 3 is 2.46 bits per heavy atom. The summed E-state index contributed by atoms with van der Waals surface area (Å²) in [6, 6.07) is 9.31. The van der Waals surface area contributed by atoms with Gasteiger partial charge in [0.05, 0.1) is 12.2 Å². The summed E-state index contributed by atoms with van der Waals surface area (Å²) in [5, 5.41) is 0. The molecule has 0 saturated carbocycles. The minimum atomic E-state index is -5.68. The predicted molar refractivity (Wildman–Crippen MR) is 91.6 cm³/mol. The van der Waals surface area contributed by atoms with Crippen molar-refractivity contribution >= 4 is 10.1 Å². The van der Waals surface area contributed by atoms with Crippen LogP contribution in [0.2, 0.25) is 0 Å². The lowest BCUT2D eigenvalue weighted by Gasteiger charge is -2.16. The summed E-state index contributed by atoms with van der Waals surface area (Å²) in [5.74, 6) is -0.248. The zero-order valence-electron chi connectivity index (χ0n) is 14.8. The highest BCUT2D eigenvalue weighted by atomic mass is 32.2. The molecule has 0 radical (unpaired) electrons. The largest absolute Gasteiger partial charge is 0.534 e. The first-order valence-electron chi connectivity index (χ1n) is 8.56. The average Bonchev–Trinajstić information content (AvgIpc) is 2.99. The Bertz CT molecular complexity index is 727. The monoisotopic (exact) mass is 392 g/mol. The second-order valence-electron chi connectivity index (χ2n) is 6.29. The Hall–Kier alpha value is -1.54. The van der Waals surface area contributed by atoms with E-state index in [1.165, 1.54) is 6.92 Å². The maximum atomic E-state index is 12.6. The van der Waals surface area contributed by atoms with Gasteiger partial charge in [0.15, 0.2) is 0 Å². The summed E-state index contributed by atoms with van der Waals surface area (Å²) in [6.07, 6.45) is 2.93. The Morgan fingerprint density at radius 1 is 1.23 bits per heavy atom. The highest BCUT2D eigenvalue weighted by Gasteiger charge is 2.49. The summed E-state index contributed by atoms with van der Waals surface area (Å²) in [6.45, 7) is 3.30. The molecule has 1 aliphatic heterocycles. The third-order valence-corrected chi connectivity index (χ3v) is 5.37.